The van der Waals surface area contributed by atoms with Crippen LogP contribution in [0.25, 0.3) is 0 Å². The maximum Gasteiger partial charge on any atom is 0.325 e. The van der Waals surface area contributed by atoms with Crippen LogP contribution in [0.4, 0.5) is 0 Å². The molecule has 1 atom stereocenters. The molecule has 5 nitrogen and oxygen atoms in total. The van der Waals surface area contributed by atoms with Gasteiger partial charge in [0.15, 0.2) is 0 Å². The molecule has 0 saturated carbocycles. The van der Waals surface area contributed by atoms with Crippen molar-refractivity contribution in [3.8, 4) is 0 Å². The predicted molar refractivity (Wildman–Crippen MR) is 52.3 cm³/mol. The average Bonchev–Trinajstić information content (AvgIpc) is 2.44. The summed E-state index contributed by atoms with van der Waals surface area (Å²) in [5, 5.41) is 3.28. The quantitative estimate of drug-likeness (QED) is 0.675. The largest absolute Gasteiger partial charge is 0.375 e. The minimum absolute atomic E-state index is 0.0714. The van der Waals surface area contributed by atoms with Crippen molar-refractivity contribution in [1.29, 1.82) is 0 Å². The van der Waals surface area contributed by atoms with Crippen molar-refractivity contribution >= 4 is 0 Å². The van der Waals surface area contributed by atoms with Gasteiger partial charge in [-0.25, -0.2) is 4.79 Å². The van der Waals surface area contributed by atoms with Crippen LogP contribution in [-0.2, 0) is 11.3 Å². The minimum Gasteiger partial charge on any atom is -0.375 e. The minimum atomic E-state index is -0.0714. The molecule has 78 valence electrons. The summed E-state index contributed by atoms with van der Waals surface area (Å²) >= 11 is 0. The normalized spacial score (nSPS) is 23.3. The first-order valence-electron chi connectivity index (χ1n) is 4.92. The standard InChI is InChI=1S/C9H15N3O2/c13-9-11-3-4-12(9)7-8-6-10-2-1-5-14-8/h3-4,8,10H,1-2,5-7H2,(H,11,13). The Bertz CT molecular complexity index is 323. The van der Waals surface area contributed by atoms with Crippen LogP contribution in [0, 0.1) is 0 Å². The fourth-order valence-electron chi connectivity index (χ4n) is 1.60. The number of nitrogens with zero attached hydrogens (tertiary/aromatic N) is 1. The lowest BCUT2D eigenvalue weighted by Gasteiger charge is -2.14. The number of H-pyrrole nitrogens is 1. The molecule has 1 fully saturated rings. The average molecular weight is 197 g/mol. The second kappa shape index (κ2) is 4.43. The lowest BCUT2D eigenvalue weighted by molar-refractivity contribution is 0.0544. The van der Waals surface area contributed by atoms with E-state index in [4.69, 9.17) is 4.74 Å². The Hall–Kier alpha value is -1.07. The molecule has 0 aromatic carbocycles. The van der Waals surface area contributed by atoms with Gasteiger partial charge in [-0.2, -0.15) is 0 Å². The highest BCUT2D eigenvalue weighted by Gasteiger charge is 2.13. The van der Waals surface area contributed by atoms with E-state index >= 15 is 0 Å². The summed E-state index contributed by atoms with van der Waals surface area (Å²) in [6.45, 7) is 3.21. The molecule has 2 heterocycles. The molecule has 1 aromatic heterocycles. The third kappa shape index (κ3) is 2.24. The highest BCUT2D eigenvalue weighted by molar-refractivity contribution is 4.78. The van der Waals surface area contributed by atoms with E-state index in [1.165, 1.54) is 0 Å². The Morgan fingerprint density at radius 1 is 1.64 bits per heavy atom. The van der Waals surface area contributed by atoms with E-state index in [2.05, 4.69) is 10.3 Å². The van der Waals surface area contributed by atoms with Gasteiger partial charge < -0.3 is 15.0 Å². The number of aromatic amines is 1. The second-order valence-electron chi connectivity index (χ2n) is 3.47. The molecule has 5 heteroatoms. The van der Waals surface area contributed by atoms with E-state index in [0.29, 0.717) is 6.54 Å². The molecular weight excluding hydrogens is 182 g/mol. The molecule has 0 radical (unpaired) electrons. The molecule has 1 aliphatic heterocycles. The number of ether oxygens (including phenoxy) is 1. The number of rotatable bonds is 2. The van der Waals surface area contributed by atoms with Crippen LogP contribution in [0.15, 0.2) is 17.2 Å². The molecule has 14 heavy (non-hydrogen) atoms. The summed E-state index contributed by atoms with van der Waals surface area (Å²) in [7, 11) is 0. The Kier molecular flexibility index (Phi) is 3.00. The van der Waals surface area contributed by atoms with Gasteiger partial charge in [-0.15, -0.1) is 0 Å². The van der Waals surface area contributed by atoms with Gasteiger partial charge in [-0.1, -0.05) is 0 Å². The van der Waals surface area contributed by atoms with Crippen molar-refractivity contribution in [2.45, 2.75) is 19.1 Å². The molecule has 1 saturated heterocycles. The van der Waals surface area contributed by atoms with Gasteiger partial charge in [0.25, 0.3) is 0 Å². The number of hydrogen-bond acceptors (Lipinski definition) is 3. The number of nitrogens with one attached hydrogen (secondary N) is 2. The van der Waals surface area contributed by atoms with Crippen LogP contribution in [0.5, 0.6) is 0 Å². The van der Waals surface area contributed by atoms with Crippen LogP contribution < -0.4 is 11.0 Å². The zero-order valence-corrected chi connectivity index (χ0v) is 8.03. The Morgan fingerprint density at radius 3 is 3.36 bits per heavy atom. The maximum atomic E-state index is 11.2. The smallest absolute Gasteiger partial charge is 0.325 e. The van der Waals surface area contributed by atoms with Gasteiger partial charge in [-0.3, -0.25) is 4.57 Å². The zero-order valence-electron chi connectivity index (χ0n) is 8.03. The van der Waals surface area contributed by atoms with Crippen molar-refractivity contribution in [3.63, 3.8) is 0 Å². The third-order valence-electron chi connectivity index (χ3n) is 2.35. The van der Waals surface area contributed by atoms with Crippen molar-refractivity contribution in [2.24, 2.45) is 0 Å². The molecule has 2 N–H and O–H groups in total. The number of aromatic nitrogens is 2. The molecular formula is C9H15N3O2. The molecule has 1 aliphatic rings. The van der Waals surface area contributed by atoms with E-state index in [1.54, 1.807) is 17.0 Å². The number of imidazole rings is 1. The topological polar surface area (TPSA) is 59.0 Å². The molecule has 0 aliphatic carbocycles. The highest BCUT2D eigenvalue weighted by Crippen LogP contribution is 1.99. The summed E-state index contributed by atoms with van der Waals surface area (Å²) in [5.74, 6) is 0. The van der Waals surface area contributed by atoms with Crippen molar-refractivity contribution in [2.75, 3.05) is 19.7 Å². The Morgan fingerprint density at radius 2 is 2.57 bits per heavy atom. The SMILES string of the molecule is O=c1[nH]ccn1CC1CNCCCO1. The summed E-state index contributed by atoms with van der Waals surface area (Å²) < 4.78 is 7.23. The summed E-state index contributed by atoms with van der Waals surface area (Å²) in [6, 6.07) is 0. The van der Waals surface area contributed by atoms with Crippen molar-refractivity contribution < 1.29 is 4.74 Å². The summed E-state index contributed by atoms with van der Waals surface area (Å²) in [6.07, 6.45) is 4.53. The lowest BCUT2D eigenvalue weighted by atomic mass is 10.3. The fraction of sp³-hybridized carbons (Fsp3) is 0.667. The molecule has 1 unspecified atom stereocenters. The van der Waals surface area contributed by atoms with Gasteiger partial charge >= 0.3 is 5.69 Å². The Balaban J connectivity index is 1.96. The molecule has 0 amide bonds. The van der Waals surface area contributed by atoms with Crippen LogP contribution in [0.3, 0.4) is 0 Å². The predicted octanol–water partition coefficient (Wildman–Crippen LogP) is -0.445. The molecule has 0 spiro atoms. The van der Waals surface area contributed by atoms with Crippen molar-refractivity contribution in [1.82, 2.24) is 14.9 Å². The number of hydrogen-bond donors (Lipinski definition) is 2. The maximum absolute atomic E-state index is 11.2. The van der Waals surface area contributed by atoms with Gasteiger partial charge in [0, 0.05) is 25.5 Å². The molecule has 2 rings (SSSR count). The lowest BCUT2D eigenvalue weighted by Crippen LogP contribution is -2.32. The van der Waals surface area contributed by atoms with Gasteiger partial charge in [0.05, 0.1) is 12.6 Å². The second-order valence-corrected chi connectivity index (χ2v) is 3.47. The highest BCUT2D eigenvalue weighted by atomic mass is 16.5. The first-order valence-corrected chi connectivity index (χ1v) is 4.92. The van der Waals surface area contributed by atoms with E-state index in [9.17, 15) is 4.79 Å². The van der Waals surface area contributed by atoms with Crippen LogP contribution in [-0.4, -0.2) is 35.4 Å². The first-order chi connectivity index (χ1) is 6.86. The molecule has 1 aromatic rings. The van der Waals surface area contributed by atoms with E-state index in [0.717, 1.165) is 26.1 Å². The van der Waals surface area contributed by atoms with Crippen LogP contribution >= 0.6 is 0 Å². The van der Waals surface area contributed by atoms with E-state index in [1.807, 2.05) is 0 Å². The van der Waals surface area contributed by atoms with Gasteiger partial charge in [0.2, 0.25) is 0 Å². The Labute approximate surface area is 82.1 Å². The monoisotopic (exact) mass is 197 g/mol. The summed E-state index contributed by atoms with van der Waals surface area (Å²) in [5.41, 5.74) is -0.0714. The fourth-order valence-corrected chi connectivity index (χ4v) is 1.60. The first kappa shape index (κ1) is 9.48. The zero-order chi connectivity index (χ0) is 9.80. The van der Waals surface area contributed by atoms with Gasteiger partial charge in [-0.05, 0) is 13.0 Å². The van der Waals surface area contributed by atoms with E-state index < -0.39 is 0 Å². The molecule has 0 bridgehead atoms. The van der Waals surface area contributed by atoms with E-state index in [-0.39, 0.29) is 11.8 Å². The van der Waals surface area contributed by atoms with Gasteiger partial charge in [0.1, 0.15) is 0 Å². The van der Waals surface area contributed by atoms with Crippen LogP contribution in [0.1, 0.15) is 6.42 Å². The summed E-state index contributed by atoms with van der Waals surface area (Å²) in [4.78, 5) is 13.8. The van der Waals surface area contributed by atoms with Crippen molar-refractivity contribution in [3.05, 3.63) is 22.9 Å². The third-order valence-corrected chi connectivity index (χ3v) is 2.35. The van der Waals surface area contributed by atoms with Crippen LogP contribution in [0.2, 0.25) is 0 Å².